The maximum absolute atomic E-state index is 10.6. The van der Waals surface area contributed by atoms with Crippen LogP contribution in [0.25, 0.3) is 0 Å². The zero-order chi connectivity index (χ0) is 17.2. The summed E-state index contributed by atoms with van der Waals surface area (Å²) in [5.74, 6) is -0.722. The SMILES string of the molecule is CC1(C)O[C@@H]2[C@@H](O)[C@@H]3O[C@@H](O[C@H]3CO[Si](C)(C)C(C)(C)C)[C@@H]2O1. The van der Waals surface area contributed by atoms with E-state index in [2.05, 4.69) is 33.9 Å². The molecule has 23 heavy (non-hydrogen) atoms. The Labute approximate surface area is 139 Å². The van der Waals surface area contributed by atoms with Gasteiger partial charge in [0.15, 0.2) is 20.4 Å². The number of aliphatic hydroxyl groups is 1. The molecule has 0 amide bonds. The zero-order valence-corrected chi connectivity index (χ0v) is 16.2. The van der Waals surface area contributed by atoms with Crippen LogP contribution < -0.4 is 0 Å². The number of rotatable bonds is 3. The van der Waals surface area contributed by atoms with E-state index in [0.717, 1.165) is 0 Å². The van der Waals surface area contributed by atoms with Gasteiger partial charge in [-0.15, -0.1) is 0 Å². The predicted molar refractivity (Wildman–Crippen MR) is 86.5 cm³/mol. The van der Waals surface area contributed by atoms with Crippen molar-refractivity contribution in [3.05, 3.63) is 0 Å². The Kier molecular flexibility index (Phi) is 4.24. The van der Waals surface area contributed by atoms with Gasteiger partial charge in [-0.2, -0.15) is 0 Å². The Hall–Kier alpha value is -0.0231. The molecule has 0 aromatic rings. The third-order valence-corrected chi connectivity index (χ3v) is 9.99. The van der Waals surface area contributed by atoms with Crippen molar-refractivity contribution in [2.75, 3.05) is 6.61 Å². The molecule has 2 bridgehead atoms. The van der Waals surface area contributed by atoms with Gasteiger partial charge in [-0.25, -0.2) is 0 Å². The van der Waals surface area contributed by atoms with Crippen LogP contribution in [-0.4, -0.2) is 62.6 Å². The van der Waals surface area contributed by atoms with Gasteiger partial charge in [0.2, 0.25) is 0 Å². The molecule has 3 saturated heterocycles. The summed E-state index contributed by atoms with van der Waals surface area (Å²) < 4.78 is 29.7. The Morgan fingerprint density at radius 1 is 1.04 bits per heavy atom. The Morgan fingerprint density at radius 2 is 1.65 bits per heavy atom. The first kappa shape index (κ1) is 17.8. The Morgan fingerprint density at radius 3 is 2.26 bits per heavy atom. The maximum atomic E-state index is 10.6. The van der Waals surface area contributed by atoms with Crippen molar-refractivity contribution in [3.63, 3.8) is 0 Å². The molecule has 0 radical (unpaired) electrons. The van der Waals surface area contributed by atoms with Crippen LogP contribution in [-0.2, 0) is 23.4 Å². The topological polar surface area (TPSA) is 66.4 Å². The van der Waals surface area contributed by atoms with Crippen molar-refractivity contribution in [3.8, 4) is 0 Å². The summed E-state index contributed by atoms with van der Waals surface area (Å²) in [5.41, 5.74) is 0. The van der Waals surface area contributed by atoms with Crippen LogP contribution in [0.5, 0.6) is 0 Å². The first-order valence-electron chi connectivity index (χ1n) is 8.40. The van der Waals surface area contributed by atoms with Crippen LogP contribution in [0.15, 0.2) is 0 Å². The van der Waals surface area contributed by atoms with Crippen molar-refractivity contribution in [2.24, 2.45) is 0 Å². The zero-order valence-electron chi connectivity index (χ0n) is 15.2. The number of fused-ring (bicyclic) bond motifs is 4. The minimum absolute atomic E-state index is 0.132. The average Bonchev–Trinajstić information content (AvgIpc) is 2.92. The predicted octanol–water partition coefficient (Wildman–Crippen LogP) is 2.01. The van der Waals surface area contributed by atoms with Crippen LogP contribution in [0.2, 0.25) is 18.1 Å². The van der Waals surface area contributed by atoms with Crippen LogP contribution in [0, 0.1) is 0 Å². The van der Waals surface area contributed by atoms with E-state index in [1.54, 1.807) is 0 Å². The lowest BCUT2D eigenvalue weighted by atomic mass is 9.98. The first-order valence-corrected chi connectivity index (χ1v) is 11.3. The molecule has 0 unspecified atom stereocenters. The third-order valence-electron chi connectivity index (χ3n) is 5.49. The van der Waals surface area contributed by atoms with E-state index < -0.39 is 44.8 Å². The largest absolute Gasteiger partial charge is 0.414 e. The molecular formula is C16H30O6Si. The lowest BCUT2D eigenvalue weighted by Crippen LogP contribution is -2.53. The summed E-state index contributed by atoms with van der Waals surface area (Å²) in [6.45, 7) is 15.1. The quantitative estimate of drug-likeness (QED) is 0.789. The number of aliphatic hydroxyl groups excluding tert-OH is 1. The van der Waals surface area contributed by atoms with Gasteiger partial charge in [0.1, 0.15) is 30.5 Å². The van der Waals surface area contributed by atoms with Crippen LogP contribution in [0.4, 0.5) is 0 Å². The van der Waals surface area contributed by atoms with Gasteiger partial charge in [-0.1, -0.05) is 20.8 Å². The summed E-state index contributed by atoms with van der Waals surface area (Å²) >= 11 is 0. The standard InChI is InChI=1S/C16H30O6Si/c1-15(2,3)23(6,7)18-8-9-11-10(17)12-13(14(19-9)20-11)22-16(4,5)21-12/h9-14,17H,8H2,1-7H3/t9-,10-,11+,12+,13+,14+/m0/s1. The van der Waals surface area contributed by atoms with E-state index in [1.165, 1.54) is 0 Å². The van der Waals surface area contributed by atoms with Crippen molar-refractivity contribution >= 4 is 8.32 Å². The molecule has 6 nitrogen and oxygen atoms in total. The van der Waals surface area contributed by atoms with Gasteiger partial charge in [-0.05, 0) is 32.0 Å². The van der Waals surface area contributed by atoms with E-state index in [-0.39, 0.29) is 11.1 Å². The van der Waals surface area contributed by atoms with Crippen molar-refractivity contribution in [1.29, 1.82) is 0 Å². The molecule has 0 saturated carbocycles. The second kappa shape index (κ2) is 5.49. The third kappa shape index (κ3) is 3.12. The first-order chi connectivity index (χ1) is 10.4. The minimum atomic E-state index is -1.87. The highest BCUT2D eigenvalue weighted by Gasteiger charge is 2.61. The summed E-state index contributed by atoms with van der Waals surface area (Å²) in [7, 11) is -1.87. The Balaban J connectivity index is 1.66. The smallest absolute Gasteiger partial charge is 0.192 e. The van der Waals surface area contributed by atoms with E-state index in [1.807, 2.05) is 13.8 Å². The van der Waals surface area contributed by atoms with Crippen LogP contribution in [0.3, 0.4) is 0 Å². The molecule has 7 heteroatoms. The molecule has 6 atom stereocenters. The van der Waals surface area contributed by atoms with Gasteiger partial charge < -0.3 is 28.5 Å². The fourth-order valence-corrected chi connectivity index (χ4v) is 4.11. The molecule has 0 spiro atoms. The lowest BCUT2D eigenvalue weighted by Gasteiger charge is -2.37. The van der Waals surface area contributed by atoms with Crippen LogP contribution in [0.1, 0.15) is 34.6 Å². The minimum Gasteiger partial charge on any atom is -0.414 e. The van der Waals surface area contributed by atoms with Crippen molar-refractivity contribution in [2.45, 2.75) is 95.3 Å². The molecule has 1 N–H and O–H groups in total. The molecule has 3 aliphatic rings. The van der Waals surface area contributed by atoms with Crippen molar-refractivity contribution in [1.82, 2.24) is 0 Å². The number of hydrogen-bond acceptors (Lipinski definition) is 6. The highest BCUT2D eigenvalue weighted by Crippen LogP contribution is 2.43. The Bertz CT molecular complexity index is 452. The van der Waals surface area contributed by atoms with Crippen LogP contribution >= 0.6 is 0 Å². The molecular weight excluding hydrogens is 316 g/mol. The lowest BCUT2D eigenvalue weighted by molar-refractivity contribution is -0.199. The van der Waals surface area contributed by atoms with E-state index in [0.29, 0.717) is 6.61 Å². The molecule has 0 aromatic carbocycles. The second-order valence-electron chi connectivity index (χ2n) is 8.77. The maximum Gasteiger partial charge on any atom is 0.192 e. The second-order valence-corrected chi connectivity index (χ2v) is 13.6. The van der Waals surface area contributed by atoms with Crippen molar-refractivity contribution < 1.29 is 28.5 Å². The number of ether oxygens (including phenoxy) is 4. The summed E-state index contributed by atoms with van der Waals surface area (Å²) in [6, 6.07) is 0. The summed E-state index contributed by atoms with van der Waals surface area (Å²) in [4.78, 5) is 0. The highest BCUT2D eigenvalue weighted by molar-refractivity contribution is 6.74. The van der Waals surface area contributed by atoms with E-state index in [4.69, 9.17) is 23.4 Å². The number of hydrogen-bond donors (Lipinski definition) is 1. The van der Waals surface area contributed by atoms with Gasteiger partial charge in [0.05, 0.1) is 6.61 Å². The molecule has 0 aliphatic carbocycles. The average molecular weight is 346 g/mol. The van der Waals surface area contributed by atoms with Gasteiger partial charge >= 0.3 is 0 Å². The normalized spacial score (nSPS) is 42.8. The molecule has 3 heterocycles. The van der Waals surface area contributed by atoms with E-state index in [9.17, 15) is 5.11 Å². The fraction of sp³-hybridized carbons (Fsp3) is 1.00. The van der Waals surface area contributed by atoms with E-state index >= 15 is 0 Å². The molecule has 134 valence electrons. The highest BCUT2D eigenvalue weighted by atomic mass is 28.4. The van der Waals surface area contributed by atoms with Gasteiger partial charge in [0.25, 0.3) is 0 Å². The fourth-order valence-electron chi connectivity index (χ4n) is 3.10. The summed E-state index contributed by atoms with van der Waals surface area (Å²) in [5, 5.41) is 10.7. The molecule has 3 fully saturated rings. The van der Waals surface area contributed by atoms with Gasteiger partial charge in [0, 0.05) is 0 Å². The molecule has 3 aliphatic heterocycles. The monoisotopic (exact) mass is 346 g/mol. The molecule has 3 rings (SSSR count). The molecule has 0 aromatic heterocycles. The summed E-state index contributed by atoms with van der Waals surface area (Å²) in [6.07, 6.45) is -2.79. The van der Waals surface area contributed by atoms with Gasteiger partial charge in [-0.3, -0.25) is 0 Å².